The molecule has 0 aliphatic carbocycles. The van der Waals surface area contributed by atoms with Gasteiger partial charge in [0, 0.05) is 12.2 Å². The van der Waals surface area contributed by atoms with Crippen molar-refractivity contribution in [2.24, 2.45) is 0 Å². The highest BCUT2D eigenvalue weighted by Gasteiger charge is 2.38. The third-order valence-corrected chi connectivity index (χ3v) is 7.83. The minimum absolute atomic E-state index is 0.159. The summed E-state index contributed by atoms with van der Waals surface area (Å²) in [7, 11) is -2.19. The summed E-state index contributed by atoms with van der Waals surface area (Å²) in [5.41, 5.74) is 0.595. The molecule has 2 heterocycles. The average Bonchev–Trinajstić information content (AvgIpc) is 3.09. The van der Waals surface area contributed by atoms with Gasteiger partial charge in [0.25, 0.3) is 10.0 Å². The maximum atomic E-state index is 12.9. The molecule has 1 aromatic heterocycles. The predicted molar refractivity (Wildman–Crippen MR) is 102 cm³/mol. The maximum Gasteiger partial charge on any atom is 0.253 e. The Morgan fingerprint density at radius 3 is 2.58 bits per heavy atom. The third kappa shape index (κ3) is 4.03. The van der Waals surface area contributed by atoms with E-state index in [-0.39, 0.29) is 10.1 Å². The van der Waals surface area contributed by atoms with Gasteiger partial charge in [0.15, 0.2) is 0 Å². The number of rotatable bonds is 5. The van der Waals surface area contributed by atoms with E-state index < -0.39 is 16.1 Å². The second-order valence-corrected chi connectivity index (χ2v) is 9.74. The Morgan fingerprint density at radius 1 is 1.23 bits per heavy atom. The number of halogens is 1. The molecule has 0 radical (unpaired) electrons. The van der Waals surface area contributed by atoms with Crippen LogP contribution in [-0.2, 0) is 14.8 Å². The molecule has 0 spiro atoms. The molecule has 26 heavy (non-hydrogen) atoms. The summed E-state index contributed by atoms with van der Waals surface area (Å²) in [5.74, 6) is 0.348. The number of sulfonamides is 1. The van der Waals surface area contributed by atoms with Crippen molar-refractivity contribution in [1.29, 1.82) is 0 Å². The molecule has 1 atom stereocenters. The smallest absolute Gasteiger partial charge is 0.253 e. The number of ether oxygens (including phenoxy) is 1. The Hall–Kier alpha value is -1.61. The Balaban J connectivity index is 1.80. The Morgan fingerprint density at radius 2 is 1.96 bits per heavy atom. The van der Waals surface area contributed by atoms with Crippen molar-refractivity contribution in [2.45, 2.75) is 29.5 Å². The summed E-state index contributed by atoms with van der Waals surface area (Å²) in [6.07, 6.45) is 2.02. The van der Waals surface area contributed by atoms with Gasteiger partial charge >= 0.3 is 0 Å². The van der Waals surface area contributed by atoms with Gasteiger partial charge in [-0.2, -0.15) is 4.31 Å². The first-order valence-corrected chi connectivity index (χ1v) is 10.8. The van der Waals surface area contributed by atoms with Crippen LogP contribution in [0.4, 0.5) is 5.69 Å². The number of nitrogens with zero attached hydrogens (tertiary/aromatic N) is 1. The summed E-state index contributed by atoms with van der Waals surface area (Å²) in [6.45, 7) is 0.318. The van der Waals surface area contributed by atoms with E-state index in [1.807, 2.05) is 0 Å². The third-order valence-electron chi connectivity index (χ3n) is 4.23. The van der Waals surface area contributed by atoms with Crippen LogP contribution in [0.15, 0.2) is 40.6 Å². The lowest BCUT2D eigenvalue weighted by Crippen LogP contribution is -2.49. The molecule has 9 heteroatoms. The number of carbonyl (C=O) groups is 1. The monoisotopic (exact) mass is 414 g/mol. The van der Waals surface area contributed by atoms with Gasteiger partial charge in [-0.05, 0) is 49.2 Å². The number of nitrogens with one attached hydrogen (secondary N) is 1. The quantitative estimate of drug-likeness (QED) is 0.811. The molecule has 0 bridgehead atoms. The fourth-order valence-electron chi connectivity index (χ4n) is 2.91. The van der Waals surface area contributed by atoms with Gasteiger partial charge in [-0.3, -0.25) is 4.79 Å². The van der Waals surface area contributed by atoms with Crippen molar-refractivity contribution < 1.29 is 17.9 Å². The Bertz CT molecular complexity index is 880. The first-order chi connectivity index (χ1) is 12.4. The van der Waals surface area contributed by atoms with Crippen LogP contribution in [0.5, 0.6) is 5.75 Å². The van der Waals surface area contributed by atoms with Gasteiger partial charge in [-0.1, -0.05) is 18.0 Å². The molecule has 1 fully saturated rings. The predicted octanol–water partition coefficient (Wildman–Crippen LogP) is 3.59. The largest absolute Gasteiger partial charge is 0.497 e. The van der Waals surface area contributed by atoms with E-state index in [9.17, 15) is 13.2 Å². The van der Waals surface area contributed by atoms with Crippen molar-refractivity contribution in [3.63, 3.8) is 0 Å². The lowest BCUT2D eigenvalue weighted by molar-refractivity contribution is -0.120. The van der Waals surface area contributed by atoms with Crippen molar-refractivity contribution in [1.82, 2.24) is 4.31 Å². The second kappa shape index (κ2) is 7.96. The molecule has 1 aromatic carbocycles. The molecular formula is C17H19ClN2O4S2. The maximum absolute atomic E-state index is 12.9. The van der Waals surface area contributed by atoms with Crippen LogP contribution in [-0.4, -0.2) is 38.3 Å². The number of piperidine rings is 1. The molecule has 1 aliphatic heterocycles. The number of benzene rings is 1. The highest BCUT2D eigenvalue weighted by molar-refractivity contribution is 7.91. The molecular weight excluding hydrogens is 396 g/mol. The molecule has 6 nitrogen and oxygen atoms in total. The summed E-state index contributed by atoms with van der Waals surface area (Å²) in [5, 5.41) is 2.80. The molecule has 0 unspecified atom stereocenters. The summed E-state index contributed by atoms with van der Waals surface area (Å²) < 4.78 is 32.8. The molecule has 1 saturated heterocycles. The molecule has 1 N–H and O–H groups in total. The fraction of sp³-hybridized carbons (Fsp3) is 0.353. The second-order valence-electron chi connectivity index (χ2n) is 5.90. The number of anilines is 1. The summed E-state index contributed by atoms with van der Waals surface area (Å²) in [4.78, 5) is 12.7. The van der Waals surface area contributed by atoms with Gasteiger partial charge in [0.1, 0.15) is 16.0 Å². The van der Waals surface area contributed by atoms with Crippen molar-refractivity contribution in [2.75, 3.05) is 19.0 Å². The van der Waals surface area contributed by atoms with Gasteiger partial charge in [-0.25, -0.2) is 8.42 Å². The first kappa shape index (κ1) is 19.2. The van der Waals surface area contributed by atoms with Crippen LogP contribution < -0.4 is 10.1 Å². The average molecular weight is 415 g/mol. The zero-order valence-electron chi connectivity index (χ0n) is 14.1. The van der Waals surface area contributed by atoms with Gasteiger partial charge in [0.05, 0.1) is 11.4 Å². The number of thiophene rings is 1. The minimum Gasteiger partial charge on any atom is -0.497 e. The Labute approximate surface area is 161 Å². The van der Waals surface area contributed by atoms with Gasteiger partial charge in [-0.15, -0.1) is 11.3 Å². The first-order valence-electron chi connectivity index (χ1n) is 8.14. The van der Waals surface area contributed by atoms with Crippen molar-refractivity contribution in [3.05, 3.63) is 40.7 Å². The zero-order chi connectivity index (χ0) is 18.7. The number of amides is 1. The number of carbonyl (C=O) groups excluding carboxylic acids is 1. The molecule has 1 amide bonds. The standard InChI is InChI=1S/C17H19ClN2O4S2/c1-24-13-7-5-12(6-8-13)19-17(21)14-4-2-3-11-20(14)26(22,23)16-10-9-15(18)25-16/h5-10,14H,2-4,11H2,1H3,(H,19,21)/t14-/m0/s1. The Kier molecular flexibility index (Phi) is 5.86. The van der Waals surface area contributed by atoms with Crippen molar-refractivity contribution in [3.8, 4) is 5.75 Å². The molecule has 2 aromatic rings. The fourth-order valence-corrected chi connectivity index (χ4v) is 6.18. The van der Waals surface area contributed by atoms with Crippen LogP contribution in [0.3, 0.4) is 0 Å². The topological polar surface area (TPSA) is 75.7 Å². The van der Waals surface area contributed by atoms with Crippen LogP contribution in [0.25, 0.3) is 0 Å². The van der Waals surface area contributed by atoms with Crippen LogP contribution in [0.2, 0.25) is 4.34 Å². The highest BCUT2D eigenvalue weighted by atomic mass is 35.5. The molecule has 0 saturated carbocycles. The van der Waals surface area contributed by atoms with Crippen molar-refractivity contribution >= 4 is 44.6 Å². The normalized spacial score (nSPS) is 18.5. The number of hydrogen-bond acceptors (Lipinski definition) is 5. The lowest BCUT2D eigenvalue weighted by Gasteiger charge is -2.33. The van der Waals surface area contributed by atoms with E-state index in [0.717, 1.165) is 24.2 Å². The van der Waals surface area contributed by atoms with Crippen LogP contribution in [0, 0.1) is 0 Å². The summed E-state index contributed by atoms with van der Waals surface area (Å²) in [6, 6.07) is 9.20. The van der Waals surface area contributed by atoms with Crippen LogP contribution in [0.1, 0.15) is 19.3 Å². The SMILES string of the molecule is COc1ccc(NC(=O)[C@@H]2CCCCN2S(=O)(=O)c2ccc(Cl)s2)cc1. The number of hydrogen-bond donors (Lipinski definition) is 1. The highest BCUT2D eigenvalue weighted by Crippen LogP contribution is 2.32. The summed E-state index contributed by atoms with van der Waals surface area (Å²) >= 11 is 6.88. The van der Waals surface area contributed by atoms with E-state index in [1.165, 1.54) is 10.4 Å². The van der Waals surface area contributed by atoms with Gasteiger partial charge in [0.2, 0.25) is 5.91 Å². The van der Waals surface area contributed by atoms with Gasteiger partial charge < -0.3 is 10.1 Å². The molecule has 3 rings (SSSR count). The van der Waals surface area contributed by atoms with Crippen LogP contribution >= 0.6 is 22.9 Å². The van der Waals surface area contributed by atoms with E-state index in [1.54, 1.807) is 37.4 Å². The number of methoxy groups -OCH3 is 1. The minimum atomic E-state index is -3.75. The van der Waals surface area contributed by atoms with E-state index in [2.05, 4.69) is 5.32 Å². The lowest BCUT2D eigenvalue weighted by atomic mass is 10.0. The molecule has 140 valence electrons. The van der Waals surface area contributed by atoms with E-state index in [0.29, 0.717) is 28.7 Å². The molecule has 1 aliphatic rings. The van der Waals surface area contributed by atoms with E-state index >= 15 is 0 Å². The van der Waals surface area contributed by atoms with E-state index in [4.69, 9.17) is 16.3 Å². The zero-order valence-corrected chi connectivity index (χ0v) is 16.5.